The van der Waals surface area contributed by atoms with E-state index < -0.39 is 17.5 Å². The molecule has 0 radical (unpaired) electrons. The standard InChI is InChI=1S/C27H32N2O5/c1-3-18(13-14-24(30)29-16-27(4-2,17-29)25(31)32)28-26(33)34-15-23-21-11-7-5-9-19(21)20-10-6-8-12-22(20)23/h5-12,18,23H,3-4,13-17H2,1-2H3,(H,28,33)(H,31,32). The average Bonchev–Trinajstić information content (AvgIpc) is 3.13. The SMILES string of the molecule is CCC(CCC(=O)N1CC(CC)(C(=O)O)C1)NC(=O)OCC1c2ccccc2-c2ccccc21. The van der Waals surface area contributed by atoms with E-state index in [1.54, 1.807) is 4.90 Å². The fraction of sp³-hybridized carbons (Fsp3) is 0.444. The molecule has 180 valence electrons. The highest BCUT2D eigenvalue weighted by Gasteiger charge is 2.49. The van der Waals surface area contributed by atoms with Crippen LogP contribution in [0.3, 0.4) is 0 Å². The number of carboxylic acid groups (broad SMARTS) is 1. The zero-order valence-corrected chi connectivity index (χ0v) is 19.8. The van der Waals surface area contributed by atoms with Crippen LogP contribution in [-0.4, -0.2) is 53.7 Å². The van der Waals surface area contributed by atoms with Crippen molar-refractivity contribution >= 4 is 18.0 Å². The molecule has 1 atom stereocenters. The van der Waals surface area contributed by atoms with E-state index >= 15 is 0 Å². The molecule has 2 amide bonds. The van der Waals surface area contributed by atoms with Gasteiger partial charge in [0.05, 0.1) is 0 Å². The fourth-order valence-corrected chi connectivity index (χ4v) is 5.01. The van der Waals surface area contributed by atoms with E-state index in [-0.39, 0.29) is 44.0 Å². The van der Waals surface area contributed by atoms with Crippen molar-refractivity contribution in [3.8, 4) is 11.1 Å². The van der Waals surface area contributed by atoms with Crippen LogP contribution < -0.4 is 5.32 Å². The van der Waals surface area contributed by atoms with E-state index in [0.29, 0.717) is 19.3 Å². The highest BCUT2D eigenvalue weighted by molar-refractivity contribution is 5.83. The van der Waals surface area contributed by atoms with Gasteiger partial charge in [0.2, 0.25) is 5.91 Å². The number of hydrogen-bond acceptors (Lipinski definition) is 4. The number of carbonyl (C=O) groups excluding carboxylic acids is 2. The summed E-state index contributed by atoms with van der Waals surface area (Å²) in [5.74, 6) is -0.917. The number of nitrogens with zero attached hydrogens (tertiary/aromatic N) is 1. The maximum Gasteiger partial charge on any atom is 0.407 e. The second-order valence-corrected chi connectivity index (χ2v) is 9.30. The second kappa shape index (κ2) is 9.87. The number of nitrogens with one attached hydrogen (secondary N) is 1. The first-order valence-corrected chi connectivity index (χ1v) is 12.0. The number of aliphatic carboxylic acids is 1. The minimum Gasteiger partial charge on any atom is -0.481 e. The van der Waals surface area contributed by atoms with Gasteiger partial charge in [-0.3, -0.25) is 9.59 Å². The molecule has 1 aliphatic carbocycles. The maximum atomic E-state index is 12.5. The largest absolute Gasteiger partial charge is 0.481 e. The third-order valence-electron chi connectivity index (χ3n) is 7.34. The number of rotatable bonds is 9. The number of alkyl carbamates (subject to hydrolysis) is 1. The number of fused-ring (bicyclic) bond motifs is 3. The molecule has 7 heteroatoms. The Balaban J connectivity index is 1.27. The third kappa shape index (κ3) is 4.52. The van der Waals surface area contributed by atoms with Crippen LogP contribution in [-0.2, 0) is 14.3 Å². The lowest BCUT2D eigenvalue weighted by atomic mass is 9.77. The van der Waals surface area contributed by atoms with Crippen molar-refractivity contribution in [1.82, 2.24) is 10.2 Å². The molecule has 1 fully saturated rings. The summed E-state index contributed by atoms with van der Waals surface area (Å²) >= 11 is 0. The molecular weight excluding hydrogens is 432 g/mol. The number of carboxylic acids is 1. The van der Waals surface area contributed by atoms with Crippen LogP contribution in [0.5, 0.6) is 0 Å². The Hall–Kier alpha value is -3.35. The van der Waals surface area contributed by atoms with Gasteiger partial charge >= 0.3 is 12.1 Å². The van der Waals surface area contributed by atoms with Gasteiger partial charge in [-0.2, -0.15) is 0 Å². The number of likely N-dealkylation sites (tertiary alicyclic amines) is 1. The zero-order chi connectivity index (χ0) is 24.3. The van der Waals surface area contributed by atoms with E-state index in [1.165, 1.54) is 11.1 Å². The minimum absolute atomic E-state index is 0.000659. The second-order valence-electron chi connectivity index (χ2n) is 9.30. The minimum atomic E-state index is -0.845. The predicted molar refractivity (Wildman–Crippen MR) is 128 cm³/mol. The van der Waals surface area contributed by atoms with Crippen LogP contribution in [0.25, 0.3) is 11.1 Å². The van der Waals surface area contributed by atoms with Gasteiger partial charge in [0.1, 0.15) is 12.0 Å². The quantitative estimate of drug-likeness (QED) is 0.573. The Morgan fingerprint density at radius 2 is 1.65 bits per heavy atom. The molecule has 0 bridgehead atoms. The van der Waals surface area contributed by atoms with Gasteiger partial charge in [0.15, 0.2) is 0 Å². The van der Waals surface area contributed by atoms with Crippen LogP contribution >= 0.6 is 0 Å². The first kappa shape index (κ1) is 23.8. The summed E-state index contributed by atoms with van der Waals surface area (Å²) in [6.45, 7) is 4.55. The number of ether oxygens (including phenoxy) is 1. The van der Waals surface area contributed by atoms with Gasteiger partial charge in [0, 0.05) is 31.5 Å². The van der Waals surface area contributed by atoms with Crippen LogP contribution in [0.1, 0.15) is 56.6 Å². The van der Waals surface area contributed by atoms with Crippen LogP contribution in [0, 0.1) is 5.41 Å². The van der Waals surface area contributed by atoms with Gasteiger partial charge in [-0.05, 0) is 41.5 Å². The molecule has 2 aromatic rings. The van der Waals surface area contributed by atoms with Crippen LogP contribution in [0.4, 0.5) is 4.79 Å². The molecule has 34 heavy (non-hydrogen) atoms. The lowest BCUT2D eigenvalue weighted by molar-refractivity contribution is -0.166. The van der Waals surface area contributed by atoms with Crippen molar-refractivity contribution in [3.05, 3.63) is 59.7 Å². The zero-order valence-electron chi connectivity index (χ0n) is 19.8. The summed E-state index contributed by atoms with van der Waals surface area (Å²) in [5.41, 5.74) is 3.87. The topological polar surface area (TPSA) is 95.9 Å². The Morgan fingerprint density at radius 3 is 2.18 bits per heavy atom. The molecule has 0 aromatic heterocycles. The van der Waals surface area contributed by atoms with Gasteiger partial charge < -0.3 is 20.1 Å². The summed E-state index contributed by atoms with van der Waals surface area (Å²) in [4.78, 5) is 38.0. The molecular formula is C27H32N2O5. The molecule has 2 aliphatic rings. The molecule has 1 heterocycles. The number of carbonyl (C=O) groups is 3. The molecule has 1 saturated heterocycles. The van der Waals surface area contributed by atoms with Crippen LogP contribution in [0.2, 0.25) is 0 Å². The van der Waals surface area contributed by atoms with Crippen molar-refractivity contribution in [2.24, 2.45) is 5.41 Å². The lowest BCUT2D eigenvalue weighted by Gasteiger charge is -2.46. The normalized spacial score (nSPS) is 16.7. The van der Waals surface area contributed by atoms with Crippen molar-refractivity contribution in [1.29, 1.82) is 0 Å². The van der Waals surface area contributed by atoms with Crippen molar-refractivity contribution in [2.45, 2.75) is 51.5 Å². The molecule has 7 nitrogen and oxygen atoms in total. The van der Waals surface area contributed by atoms with Crippen molar-refractivity contribution in [3.63, 3.8) is 0 Å². The summed E-state index contributed by atoms with van der Waals surface area (Å²) in [7, 11) is 0. The van der Waals surface area contributed by atoms with Crippen LogP contribution in [0.15, 0.2) is 48.5 Å². The summed E-state index contributed by atoms with van der Waals surface area (Å²) in [6, 6.07) is 16.2. The van der Waals surface area contributed by atoms with E-state index in [2.05, 4.69) is 29.6 Å². The summed E-state index contributed by atoms with van der Waals surface area (Å²) in [5, 5.41) is 12.3. The van der Waals surface area contributed by atoms with Crippen molar-refractivity contribution < 1.29 is 24.2 Å². The van der Waals surface area contributed by atoms with E-state index in [9.17, 15) is 19.5 Å². The fourth-order valence-electron chi connectivity index (χ4n) is 5.01. The van der Waals surface area contributed by atoms with E-state index in [1.807, 2.05) is 38.1 Å². The van der Waals surface area contributed by atoms with Gasteiger partial charge in [-0.15, -0.1) is 0 Å². The summed E-state index contributed by atoms with van der Waals surface area (Å²) < 4.78 is 5.62. The predicted octanol–water partition coefficient (Wildman–Crippen LogP) is 4.41. The number of amides is 2. The summed E-state index contributed by atoms with van der Waals surface area (Å²) in [6.07, 6.45) is 1.45. The molecule has 0 spiro atoms. The highest BCUT2D eigenvalue weighted by Crippen LogP contribution is 2.44. The van der Waals surface area contributed by atoms with E-state index in [0.717, 1.165) is 11.1 Å². The van der Waals surface area contributed by atoms with Crippen molar-refractivity contribution in [2.75, 3.05) is 19.7 Å². The molecule has 4 rings (SSSR count). The molecule has 2 aromatic carbocycles. The van der Waals surface area contributed by atoms with Gasteiger partial charge in [-0.1, -0.05) is 62.4 Å². The molecule has 1 unspecified atom stereocenters. The first-order chi connectivity index (χ1) is 16.4. The molecule has 1 aliphatic heterocycles. The molecule has 2 N–H and O–H groups in total. The first-order valence-electron chi connectivity index (χ1n) is 12.0. The number of benzene rings is 2. The Morgan fingerprint density at radius 1 is 1.06 bits per heavy atom. The van der Waals surface area contributed by atoms with Gasteiger partial charge in [-0.25, -0.2) is 4.79 Å². The highest BCUT2D eigenvalue weighted by atomic mass is 16.5. The molecule has 0 saturated carbocycles. The maximum absolute atomic E-state index is 12.5. The Kier molecular flexibility index (Phi) is 6.91. The number of hydrogen-bond donors (Lipinski definition) is 2. The van der Waals surface area contributed by atoms with E-state index in [4.69, 9.17) is 4.74 Å². The monoisotopic (exact) mass is 464 g/mol. The third-order valence-corrected chi connectivity index (χ3v) is 7.34. The lowest BCUT2D eigenvalue weighted by Crippen LogP contribution is -2.61. The Labute approximate surface area is 200 Å². The average molecular weight is 465 g/mol. The Bertz CT molecular complexity index is 1030. The van der Waals surface area contributed by atoms with Gasteiger partial charge in [0.25, 0.3) is 0 Å². The smallest absolute Gasteiger partial charge is 0.407 e.